The number of halogens is 1. The molecule has 116 valence electrons. The van der Waals surface area contributed by atoms with Gasteiger partial charge in [-0.2, -0.15) is 0 Å². The molecule has 3 rings (SSSR count). The normalized spacial score (nSPS) is 19.4. The van der Waals surface area contributed by atoms with Crippen LogP contribution in [0.4, 0.5) is 4.39 Å². The fraction of sp³-hybridized carbons (Fsp3) is 0.353. The van der Waals surface area contributed by atoms with Crippen molar-refractivity contribution in [3.63, 3.8) is 0 Å². The first-order chi connectivity index (χ1) is 10.6. The van der Waals surface area contributed by atoms with E-state index in [0.29, 0.717) is 18.7 Å². The van der Waals surface area contributed by atoms with Gasteiger partial charge in [0.05, 0.1) is 11.7 Å². The zero-order valence-corrected chi connectivity index (χ0v) is 12.4. The van der Waals surface area contributed by atoms with Crippen LogP contribution in [0.2, 0.25) is 0 Å². The van der Waals surface area contributed by atoms with Crippen LogP contribution in [-0.2, 0) is 0 Å². The van der Waals surface area contributed by atoms with Gasteiger partial charge >= 0.3 is 0 Å². The molecule has 22 heavy (non-hydrogen) atoms. The summed E-state index contributed by atoms with van der Waals surface area (Å²) in [7, 11) is 0. The molecule has 1 aliphatic heterocycles. The Kier molecular flexibility index (Phi) is 3.98. The lowest BCUT2D eigenvalue weighted by atomic mass is 10.0. The quantitative estimate of drug-likeness (QED) is 0.916. The number of aromatic amines is 1. The van der Waals surface area contributed by atoms with E-state index in [1.54, 1.807) is 36.4 Å². The van der Waals surface area contributed by atoms with Crippen molar-refractivity contribution in [2.75, 3.05) is 13.1 Å². The second-order valence-corrected chi connectivity index (χ2v) is 5.83. The van der Waals surface area contributed by atoms with Crippen LogP contribution in [0.15, 0.2) is 36.7 Å². The van der Waals surface area contributed by atoms with E-state index in [9.17, 15) is 14.3 Å². The number of hydrogen-bond donors (Lipinski definition) is 2. The molecule has 0 bridgehead atoms. The Labute approximate surface area is 128 Å². The highest BCUT2D eigenvalue weighted by Gasteiger charge is 2.30. The summed E-state index contributed by atoms with van der Waals surface area (Å²) in [6.07, 6.45) is 3.85. The van der Waals surface area contributed by atoms with Crippen molar-refractivity contribution in [1.29, 1.82) is 0 Å². The van der Waals surface area contributed by atoms with Gasteiger partial charge in [0.25, 0.3) is 5.91 Å². The number of rotatable bonds is 3. The van der Waals surface area contributed by atoms with Gasteiger partial charge in [-0.25, -0.2) is 4.39 Å². The van der Waals surface area contributed by atoms with Crippen LogP contribution in [0.5, 0.6) is 0 Å². The van der Waals surface area contributed by atoms with E-state index in [4.69, 9.17) is 0 Å². The van der Waals surface area contributed by atoms with Gasteiger partial charge < -0.3 is 15.0 Å². The van der Waals surface area contributed by atoms with Crippen LogP contribution in [0, 0.1) is 11.7 Å². The lowest BCUT2D eigenvalue weighted by Gasteiger charge is -2.18. The van der Waals surface area contributed by atoms with E-state index in [-0.39, 0.29) is 17.6 Å². The predicted molar refractivity (Wildman–Crippen MR) is 81.9 cm³/mol. The van der Waals surface area contributed by atoms with Gasteiger partial charge in [0.2, 0.25) is 0 Å². The number of aromatic nitrogens is 1. The maximum Gasteiger partial charge on any atom is 0.256 e. The molecule has 1 aromatic heterocycles. The first kappa shape index (κ1) is 14.8. The summed E-state index contributed by atoms with van der Waals surface area (Å²) in [5.74, 6) is -0.215. The molecule has 4 nitrogen and oxygen atoms in total. The van der Waals surface area contributed by atoms with Crippen molar-refractivity contribution >= 4 is 5.91 Å². The number of benzene rings is 1. The Morgan fingerprint density at radius 2 is 2.09 bits per heavy atom. The minimum absolute atomic E-state index is 0.0521. The number of aliphatic hydroxyl groups excluding tert-OH is 1. The van der Waals surface area contributed by atoms with Crippen molar-refractivity contribution in [1.82, 2.24) is 9.88 Å². The molecule has 1 amide bonds. The van der Waals surface area contributed by atoms with Crippen LogP contribution in [0.3, 0.4) is 0 Å². The predicted octanol–water partition coefficient (Wildman–Crippen LogP) is 2.66. The summed E-state index contributed by atoms with van der Waals surface area (Å²) in [6.45, 7) is 2.99. The van der Waals surface area contributed by atoms with E-state index in [2.05, 4.69) is 4.98 Å². The van der Waals surface area contributed by atoms with Crippen molar-refractivity contribution in [3.05, 3.63) is 48.0 Å². The third kappa shape index (κ3) is 2.76. The van der Waals surface area contributed by atoms with E-state index in [1.165, 1.54) is 12.1 Å². The van der Waals surface area contributed by atoms with Gasteiger partial charge in [0, 0.05) is 37.0 Å². The summed E-state index contributed by atoms with van der Waals surface area (Å²) < 4.78 is 13.0. The number of amides is 1. The average molecular weight is 302 g/mol. The summed E-state index contributed by atoms with van der Waals surface area (Å²) in [5, 5.41) is 9.66. The highest BCUT2D eigenvalue weighted by molar-refractivity contribution is 6.00. The smallest absolute Gasteiger partial charge is 0.256 e. The molecule has 1 fully saturated rings. The van der Waals surface area contributed by atoms with Crippen LogP contribution in [0.25, 0.3) is 11.1 Å². The zero-order chi connectivity index (χ0) is 15.7. The number of carbonyl (C=O) groups is 1. The number of hydrogen-bond acceptors (Lipinski definition) is 2. The highest BCUT2D eigenvalue weighted by atomic mass is 19.1. The maximum absolute atomic E-state index is 13.0. The Morgan fingerprint density at radius 3 is 2.73 bits per heavy atom. The van der Waals surface area contributed by atoms with E-state index >= 15 is 0 Å². The monoisotopic (exact) mass is 302 g/mol. The molecule has 0 saturated carbocycles. The molecule has 2 aromatic rings. The fourth-order valence-corrected chi connectivity index (χ4v) is 2.94. The standard InChI is InChI=1S/C17H19FN2O2/c1-11(21)13-6-7-20(10-13)17(22)16-9-19-8-15(16)12-2-4-14(18)5-3-12/h2-5,8-9,11,13,19,21H,6-7,10H2,1H3. The number of nitrogens with zero attached hydrogens (tertiary/aromatic N) is 1. The molecular formula is C17H19FN2O2. The van der Waals surface area contributed by atoms with E-state index in [0.717, 1.165) is 17.5 Å². The zero-order valence-electron chi connectivity index (χ0n) is 12.4. The Morgan fingerprint density at radius 1 is 1.36 bits per heavy atom. The van der Waals surface area contributed by atoms with Crippen LogP contribution >= 0.6 is 0 Å². The van der Waals surface area contributed by atoms with Crippen molar-refractivity contribution < 1.29 is 14.3 Å². The van der Waals surface area contributed by atoms with Gasteiger partial charge in [-0.15, -0.1) is 0 Å². The summed E-state index contributed by atoms with van der Waals surface area (Å²) in [6, 6.07) is 6.10. The largest absolute Gasteiger partial charge is 0.393 e. The molecule has 0 radical (unpaired) electrons. The lowest BCUT2D eigenvalue weighted by molar-refractivity contribution is 0.0763. The Bertz CT molecular complexity index is 664. The number of likely N-dealkylation sites (tertiary alicyclic amines) is 1. The third-order valence-corrected chi connectivity index (χ3v) is 4.33. The van der Waals surface area contributed by atoms with Gasteiger partial charge in [-0.1, -0.05) is 12.1 Å². The molecule has 1 saturated heterocycles. The maximum atomic E-state index is 13.0. The number of nitrogens with one attached hydrogen (secondary N) is 1. The lowest BCUT2D eigenvalue weighted by Crippen LogP contribution is -2.30. The van der Waals surface area contributed by atoms with Crippen molar-refractivity contribution in [2.45, 2.75) is 19.4 Å². The summed E-state index contributed by atoms with van der Waals surface area (Å²) in [4.78, 5) is 17.4. The fourth-order valence-electron chi connectivity index (χ4n) is 2.94. The minimum Gasteiger partial charge on any atom is -0.393 e. The van der Waals surface area contributed by atoms with Crippen molar-refractivity contribution in [2.24, 2.45) is 5.92 Å². The molecule has 0 aliphatic carbocycles. The topological polar surface area (TPSA) is 56.3 Å². The summed E-state index contributed by atoms with van der Waals surface area (Å²) >= 11 is 0. The van der Waals surface area contributed by atoms with Gasteiger partial charge in [-0.3, -0.25) is 4.79 Å². The SMILES string of the molecule is CC(O)C1CCN(C(=O)c2c[nH]cc2-c2ccc(F)cc2)C1. The van der Waals surface area contributed by atoms with Gasteiger partial charge in [0.15, 0.2) is 0 Å². The molecule has 0 spiro atoms. The third-order valence-electron chi connectivity index (χ3n) is 4.33. The number of aliphatic hydroxyl groups is 1. The average Bonchev–Trinajstić information content (AvgIpc) is 3.17. The first-order valence-corrected chi connectivity index (χ1v) is 7.46. The van der Waals surface area contributed by atoms with E-state index in [1.807, 2.05) is 0 Å². The molecular weight excluding hydrogens is 283 g/mol. The van der Waals surface area contributed by atoms with E-state index < -0.39 is 6.10 Å². The van der Waals surface area contributed by atoms with Crippen LogP contribution in [-0.4, -0.2) is 40.1 Å². The molecule has 1 aromatic carbocycles. The highest BCUT2D eigenvalue weighted by Crippen LogP contribution is 2.27. The first-order valence-electron chi connectivity index (χ1n) is 7.46. The Balaban J connectivity index is 1.83. The summed E-state index contributed by atoms with van der Waals surface area (Å²) in [5.41, 5.74) is 2.15. The second-order valence-electron chi connectivity index (χ2n) is 5.83. The van der Waals surface area contributed by atoms with Crippen molar-refractivity contribution in [3.8, 4) is 11.1 Å². The molecule has 1 aliphatic rings. The molecule has 2 unspecified atom stereocenters. The van der Waals surface area contributed by atoms with Crippen LogP contribution in [0.1, 0.15) is 23.7 Å². The van der Waals surface area contributed by atoms with Crippen LogP contribution < -0.4 is 0 Å². The minimum atomic E-state index is -0.402. The molecule has 2 atom stereocenters. The van der Waals surface area contributed by atoms with Gasteiger partial charge in [0.1, 0.15) is 5.82 Å². The Hall–Kier alpha value is -2.14. The molecule has 2 N–H and O–H groups in total. The number of H-pyrrole nitrogens is 1. The molecule has 5 heteroatoms. The molecule has 2 heterocycles. The van der Waals surface area contributed by atoms with Gasteiger partial charge in [-0.05, 0) is 31.0 Å². The second kappa shape index (κ2) is 5.93. The number of carbonyl (C=O) groups excluding carboxylic acids is 1.